The number of carbonyl (C=O) groups is 1. The highest BCUT2D eigenvalue weighted by molar-refractivity contribution is 5.84. The molecule has 2 aromatic carbocycles. The Labute approximate surface area is 153 Å². The topological polar surface area (TPSA) is 103 Å². The highest BCUT2D eigenvalue weighted by Crippen LogP contribution is 2.18. The van der Waals surface area contributed by atoms with E-state index in [0.29, 0.717) is 22.2 Å². The van der Waals surface area contributed by atoms with Gasteiger partial charge in [-0.15, -0.1) is 4.68 Å². The second-order valence-electron chi connectivity index (χ2n) is 5.66. The van der Waals surface area contributed by atoms with Crippen LogP contribution in [0.2, 0.25) is 0 Å². The van der Waals surface area contributed by atoms with Crippen LogP contribution in [0.5, 0.6) is 5.75 Å². The number of H-pyrrole nitrogens is 1. The Bertz CT molecular complexity index is 1130. The molecule has 0 bridgehead atoms. The van der Waals surface area contributed by atoms with E-state index in [9.17, 15) is 14.4 Å². The number of benzene rings is 2. The fourth-order valence-corrected chi connectivity index (χ4v) is 2.48. The van der Waals surface area contributed by atoms with Crippen molar-refractivity contribution in [3.05, 3.63) is 74.9 Å². The van der Waals surface area contributed by atoms with E-state index in [0.717, 1.165) is 4.68 Å². The molecule has 8 nitrogen and oxygen atoms in total. The molecule has 0 fully saturated rings. The van der Waals surface area contributed by atoms with Crippen molar-refractivity contribution in [3.8, 4) is 5.75 Å². The predicted molar refractivity (Wildman–Crippen MR) is 100 cm³/mol. The second kappa shape index (κ2) is 7.69. The molecule has 8 heteroatoms. The lowest BCUT2D eigenvalue weighted by Gasteiger charge is -2.14. The van der Waals surface area contributed by atoms with Crippen molar-refractivity contribution in [2.24, 2.45) is 5.10 Å². The van der Waals surface area contributed by atoms with Gasteiger partial charge < -0.3 is 14.5 Å². The Kier molecular flexibility index (Phi) is 5.16. The highest BCUT2D eigenvalue weighted by Gasteiger charge is 2.16. The zero-order valence-electron chi connectivity index (χ0n) is 14.7. The lowest BCUT2D eigenvalue weighted by Crippen LogP contribution is -2.32. The molecule has 0 saturated heterocycles. The number of carbonyl (C=O) groups excluding carboxylic acids is 1. The van der Waals surface area contributed by atoms with Crippen LogP contribution in [0, 0.1) is 0 Å². The zero-order chi connectivity index (χ0) is 19.4. The average Bonchev–Trinajstić information content (AvgIpc) is 2.68. The van der Waals surface area contributed by atoms with Gasteiger partial charge in [0.15, 0.2) is 6.10 Å². The third-order valence-electron chi connectivity index (χ3n) is 3.85. The Balaban J connectivity index is 1.98. The largest absolute Gasteiger partial charge is 0.478 e. The SMILES string of the molecule is COC(=O)[C@H](C)Oc1ccccc1C=Nn1c(=O)[nH]c2ccccc2c1=O. The van der Waals surface area contributed by atoms with Crippen molar-refractivity contribution in [2.75, 3.05) is 7.11 Å². The molecule has 0 aliphatic carbocycles. The number of hydrogen-bond acceptors (Lipinski definition) is 6. The van der Waals surface area contributed by atoms with Gasteiger partial charge in [-0.3, -0.25) is 4.79 Å². The second-order valence-corrected chi connectivity index (χ2v) is 5.66. The van der Waals surface area contributed by atoms with Crippen molar-refractivity contribution >= 4 is 23.1 Å². The van der Waals surface area contributed by atoms with E-state index in [1.807, 2.05) is 0 Å². The minimum absolute atomic E-state index is 0.345. The van der Waals surface area contributed by atoms with E-state index >= 15 is 0 Å². The van der Waals surface area contributed by atoms with Gasteiger partial charge in [0.1, 0.15) is 5.75 Å². The normalized spacial score (nSPS) is 12.2. The van der Waals surface area contributed by atoms with Crippen LogP contribution in [0.3, 0.4) is 0 Å². The van der Waals surface area contributed by atoms with Crippen molar-refractivity contribution in [1.82, 2.24) is 9.66 Å². The first-order valence-electron chi connectivity index (χ1n) is 8.13. The monoisotopic (exact) mass is 367 g/mol. The Morgan fingerprint density at radius 2 is 1.85 bits per heavy atom. The molecule has 1 atom stereocenters. The molecule has 0 radical (unpaired) electrons. The molecule has 0 saturated carbocycles. The molecule has 3 aromatic rings. The minimum Gasteiger partial charge on any atom is -0.478 e. The number of nitrogens with zero attached hydrogens (tertiary/aromatic N) is 2. The van der Waals surface area contributed by atoms with Crippen molar-refractivity contribution in [2.45, 2.75) is 13.0 Å². The average molecular weight is 367 g/mol. The molecular formula is C19H17N3O5. The number of nitrogens with one attached hydrogen (secondary N) is 1. The molecule has 0 unspecified atom stereocenters. The lowest BCUT2D eigenvalue weighted by atomic mass is 10.2. The fourth-order valence-electron chi connectivity index (χ4n) is 2.48. The first-order chi connectivity index (χ1) is 13.0. The Hall–Kier alpha value is -3.68. The zero-order valence-corrected chi connectivity index (χ0v) is 14.7. The number of esters is 1. The number of aromatic nitrogens is 2. The summed E-state index contributed by atoms with van der Waals surface area (Å²) >= 11 is 0. The molecule has 0 aliphatic heterocycles. The molecule has 138 valence electrons. The van der Waals surface area contributed by atoms with Crippen LogP contribution in [0.1, 0.15) is 12.5 Å². The van der Waals surface area contributed by atoms with Gasteiger partial charge >= 0.3 is 11.7 Å². The first kappa shape index (κ1) is 18.1. The molecular weight excluding hydrogens is 350 g/mol. The maximum Gasteiger partial charge on any atom is 0.349 e. The maximum atomic E-state index is 12.5. The van der Waals surface area contributed by atoms with Crippen LogP contribution in [-0.2, 0) is 9.53 Å². The molecule has 1 aromatic heterocycles. The van der Waals surface area contributed by atoms with Gasteiger partial charge in [-0.1, -0.05) is 24.3 Å². The number of fused-ring (bicyclic) bond motifs is 1. The molecule has 3 rings (SSSR count). The van der Waals surface area contributed by atoms with Crippen LogP contribution in [0.15, 0.2) is 63.2 Å². The van der Waals surface area contributed by atoms with Gasteiger partial charge in [0.25, 0.3) is 5.56 Å². The van der Waals surface area contributed by atoms with Gasteiger partial charge in [0.05, 0.1) is 24.2 Å². The number of hydrogen-bond donors (Lipinski definition) is 1. The minimum atomic E-state index is -0.823. The summed E-state index contributed by atoms with van der Waals surface area (Å²) in [6.45, 7) is 1.55. The van der Waals surface area contributed by atoms with E-state index in [1.54, 1.807) is 55.5 Å². The smallest absolute Gasteiger partial charge is 0.349 e. The summed E-state index contributed by atoms with van der Waals surface area (Å²) in [5.74, 6) is -0.159. The molecule has 27 heavy (non-hydrogen) atoms. The molecule has 0 amide bonds. The molecule has 1 heterocycles. The third kappa shape index (κ3) is 3.79. The van der Waals surface area contributed by atoms with E-state index < -0.39 is 23.3 Å². The van der Waals surface area contributed by atoms with Gasteiger partial charge in [-0.2, -0.15) is 5.10 Å². The highest BCUT2D eigenvalue weighted by atomic mass is 16.6. The number of ether oxygens (including phenoxy) is 2. The maximum absolute atomic E-state index is 12.5. The van der Waals surface area contributed by atoms with Crippen LogP contribution in [-0.4, -0.2) is 35.1 Å². The quantitative estimate of drug-likeness (QED) is 0.544. The Morgan fingerprint density at radius 1 is 1.15 bits per heavy atom. The summed E-state index contributed by atoms with van der Waals surface area (Å²) in [5.41, 5.74) is -0.259. The van der Waals surface area contributed by atoms with Crippen molar-refractivity contribution < 1.29 is 14.3 Å². The summed E-state index contributed by atoms with van der Waals surface area (Å²) in [4.78, 5) is 38.8. The van der Waals surface area contributed by atoms with Crippen molar-refractivity contribution in [1.29, 1.82) is 0 Å². The summed E-state index contributed by atoms with van der Waals surface area (Å²) < 4.78 is 11.0. The van der Waals surface area contributed by atoms with E-state index in [4.69, 9.17) is 4.74 Å². The third-order valence-corrected chi connectivity index (χ3v) is 3.85. The summed E-state index contributed by atoms with van der Waals surface area (Å²) in [5, 5.41) is 4.34. The fraction of sp³-hybridized carbons (Fsp3) is 0.158. The summed E-state index contributed by atoms with van der Waals surface area (Å²) in [6.07, 6.45) is 0.501. The predicted octanol–water partition coefficient (Wildman–Crippen LogP) is 1.51. The molecule has 1 N–H and O–H groups in total. The van der Waals surface area contributed by atoms with Crippen molar-refractivity contribution in [3.63, 3.8) is 0 Å². The van der Waals surface area contributed by atoms with Gasteiger partial charge in [0, 0.05) is 5.56 Å². The number of rotatable bonds is 5. The number of aromatic amines is 1. The van der Waals surface area contributed by atoms with Gasteiger partial charge in [0.2, 0.25) is 0 Å². The van der Waals surface area contributed by atoms with Gasteiger partial charge in [-0.25, -0.2) is 9.59 Å². The summed E-state index contributed by atoms with van der Waals surface area (Å²) in [6, 6.07) is 13.5. The standard InChI is InChI=1S/C19H17N3O5/c1-12(18(24)26-2)27-16-10-6-3-7-13(16)11-20-22-17(23)14-8-4-5-9-15(14)21-19(22)25/h3-12H,1-2H3,(H,21,25)/t12-/m0/s1. The lowest BCUT2D eigenvalue weighted by molar-refractivity contribution is -0.147. The Morgan fingerprint density at radius 3 is 2.63 bits per heavy atom. The van der Waals surface area contributed by atoms with Crippen LogP contribution >= 0.6 is 0 Å². The molecule has 0 spiro atoms. The van der Waals surface area contributed by atoms with E-state index in [1.165, 1.54) is 13.3 Å². The summed E-state index contributed by atoms with van der Waals surface area (Å²) in [7, 11) is 1.27. The number of para-hydroxylation sites is 2. The van der Waals surface area contributed by atoms with Gasteiger partial charge in [-0.05, 0) is 31.2 Å². The first-order valence-corrected chi connectivity index (χ1v) is 8.13. The van der Waals surface area contributed by atoms with Crippen LogP contribution in [0.4, 0.5) is 0 Å². The van der Waals surface area contributed by atoms with Crippen LogP contribution < -0.4 is 16.0 Å². The number of methoxy groups -OCH3 is 1. The van der Waals surface area contributed by atoms with Crippen LogP contribution in [0.25, 0.3) is 10.9 Å². The van der Waals surface area contributed by atoms with E-state index in [-0.39, 0.29) is 0 Å². The van der Waals surface area contributed by atoms with E-state index in [2.05, 4.69) is 14.8 Å². The molecule has 0 aliphatic rings.